The minimum Gasteiger partial charge on any atom is -0.388 e. The third-order valence-electron chi connectivity index (χ3n) is 6.21. The molecule has 156 valence electrons. The number of nitrogens with zero attached hydrogens (tertiary/aromatic N) is 5. The average Bonchev–Trinajstić information content (AvgIpc) is 3.12. The van der Waals surface area contributed by atoms with Crippen LogP contribution >= 0.6 is 0 Å². The van der Waals surface area contributed by atoms with E-state index in [9.17, 15) is 9.90 Å². The molecule has 0 saturated carbocycles. The second-order valence-electron chi connectivity index (χ2n) is 8.41. The Morgan fingerprint density at radius 1 is 1.38 bits per heavy atom. The highest BCUT2D eigenvalue weighted by Crippen LogP contribution is 2.40. The second kappa shape index (κ2) is 7.81. The summed E-state index contributed by atoms with van der Waals surface area (Å²) >= 11 is 0. The Hall–Kier alpha value is -2.36. The molecule has 2 N–H and O–H groups in total. The summed E-state index contributed by atoms with van der Waals surface area (Å²) in [6.07, 6.45) is 4.78. The first-order valence-corrected chi connectivity index (χ1v) is 10.00. The number of aliphatic hydroxyl groups excluding tert-OH is 1. The van der Waals surface area contributed by atoms with Crippen molar-refractivity contribution in [3.63, 3.8) is 0 Å². The molecule has 2 atom stereocenters. The predicted molar refractivity (Wildman–Crippen MR) is 105 cm³/mol. The molecule has 4 rings (SSSR count). The van der Waals surface area contributed by atoms with Crippen LogP contribution in [0.5, 0.6) is 0 Å². The van der Waals surface area contributed by atoms with Crippen LogP contribution in [0.15, 0.2) is 30.7 Å². The summed E-state index contributed by atoms with van der Waals surface area (Å²) in [5.41, 5.74) is -0.764. The van der Waals surface area contributed by atoms with Crippen LogP contribution in [0.1, 0.15) is 42.5 Å². The lowest BCUT2D eigenvalue weighted by Gasteiger charge is -2.52. The molecule has 2 aliphatic heterocycles. The zero-order chi connectivity index (χ0) is 20.5. The molecule has 2 fully saturated rings. The second-order valence-corrected chi connectivity index (χ2v) is 8.41. The number of aryl methyl sites for hydroxylation is 1. The molecule has 2 aliphatic rings. The van der Waals surface area contributed by atoms with Gasteiger partial charge in [-0.25, -0.2) is 0 Å². The molecule has 4 heterocycles. The van der Waals surface area contributed by atoms with Gasteiger partial charge in [0.2, 0.25) is 0 Å². The molecule has 1 spiro atoms. The quantitative estimate of drug-likeness (QED) is 0.771. The summed E-state index contributed by atoms with van der Waals surface area (Å²) in [6.45, 7) is 4.60. The van der Waals surface area contributed by atoms with Crippen LogP contribution < -0.4 is 5.32 Å². The summed E-state index contributed by atoms with van der Waals surface area (Å²) in [5, 5.41) is 21.7. The topological polar surface area (TPSA) is 105 Å². The molecule has 0 aliphatic carbocycles. The van der Waals surface area contributed by atoms with Crippen molar-refractivity contribution < 1.29 is 14.6 Å². The summed E-state index contributed by atoms with van der Waals surface area (Å²) in [6, 6.07) is 5.22. The summed E-state index contributed by atoms with van der Waals surface area (Å²) < 4.78 is 8.06. The fourth-order valence-corrected chi connectivity index (χ4v) is 4.32. The van der Waals surface area contributed by atoms with Gasteiger partial charge in [0.25, 0.3) is 5.91 Å². The van der Waals surface area contributed by atoms with Crippen LogP contribution in [0.2, 0.25) is 0 Å². The van der Waals surface area contributed by atoms with Crippen molar-refractivity contribution in [2.75, 3.05) is 19.7 Å². The highest BCUT2D eigenvalue weighted by atomic mass is 16.5. The third-order valence-corrected chi connectivity index (χ3v) is 6.21. The van der Waals surface area contributed by atoms with Gasteiger partial charge < -0.3 is 19.7 Å². The highest BCUT2D eigenvalue weighted by Gasteiger charge is 2.50. The number of amides is 1. The van der Waals surface area contributed by atoms with E-state index in [1.165, 1.54) is 0 Å². The first kappa shape index (κ1) is 19.9. The average molecular weight is 400 g/mol. The minimum atomic E-state index is -0.766. The number of carbonyl (C=O) groups is 1. The Morgan fingerprint density at radius 2 is 2.17 bits per heavy atom. The molecular weight excluding hydrogens is 372 g/mol. The Labute approximate surface area is 170 Å². The van der Waals surface area contributed by atoms with Crippen molar-refractivity contribution in [3.05, 3.63) is 42.2 Å². The Balaban J connectivity index is 1.40. The van der Waals surface area contributed by atoms with Crippen molar-refractivity contribution >= 4 is 5.91 Å². The maximum atomic E-state index is 12.6. The fourth-order valence-electron chi connectivity index (χ4n) is 4.32. The van der Waals surface area contributed by atoms with Crippen LogP contribution in [0, 0.1) is 0 Å². The van der Waals surface area contributed by atoms with Gasteiger partial charge >= 0.3 is 0 Å². The van der Waals surface area contributed by atoms with E-state index < -0.39 is 11.6 Å². The number of pyridine rings is 1. The van der Waals surface area contributed by atoms with Gasteiger partial charge in [-0.15, -0.1) is 10.2 Å². The van der Waals surface area contributed by atoms with Crippen molar-refractivity contribution in [1.82, 2.24) is 30.0 Å². The number of nitrogens with one attached hydrogen (secondary N) is 1. The van der Waals surface area contributed by atoms with Gasteiger partial charge in [-0.2, -0.15) is 0 Å². The first-order valence-electron chi connectivity index (χ1n) is 10.00. The van der Waals surface area contributed by atoms with Gasteiger partial charge in [-0.3, -0.25) is 14.7 Å². The van der Waals surface area contributed by atoms with Gasteiger partial charge in [0.1, 0.15) is 23.9 Å². The van der Waals surface area contributed by atoms with E-state index in [2.05, 4.69) is 25.4 Å². The molecule has 0 bridgehead atoms. The lowest BCUT2D eigenvalue weighted by Crippen LogP contribution is -2.65. The van der Waals surface area contributed by atoms with Crippen molar-refractivity contribution in [3.8, 4) is 0 Å². The molecule has 1 amide bonds. The molecule has 2 aromatic heterocycles. The lowest BCUT2D eigenvalue weighted by atomic mass is 9.74. The van der Waals surface area contributed by atoms with Crippen molar-refractivity contribution in [2.45, 2.75) is 50.0 Å². The number of aliphatic hydroxyl groups is 1. The summed E-state index contributed by atoms with van der Waals surface area (Å²) in [7, 11) is 1.95. The highest BCUT2D eigenvalue weighted by molar-refractivity contribution is 5.92. The standard InChI is InChI=1S/C20H28N6O3/c1-19(23-18(28)15-5-3-4-8-21-15)13-20(29-12-16(19)27)6-9-26(10-7-20)11-17-24-22-14-25(17)2/h3-5,8,14,16,27H,6-7,9-13H2,1-2H3,(H,23,28)/t16-,19-/m1/s1. The van der Waals surface area contributed by atoms with E-state index in [4.69, 9.17) is 4.74 Å². The molecule has 2 saturated heterocycles. The van der Waals surface area contributed by atoms with Crippen molar-refractivity contribution in [2.24, 2.45) is 7.05 Å². The van der Waals surface area contributed by atoms with E-state index in [-0.39, 0.29) is 18.1 Å². The zero-order valence-corrected chi connectivity index (χ0v) is 16.9. The third kappa shape index (κ3) is 4.17. The fraction of sp³-hybridized carbons (Fsp3) is 0.600. The number of ether oxygens (including phenoxy) is 1. The number of rotatable bonds is 4. The van der Waals surface area contributed by atoms with E-state index >= 15 is 0 Å². The Morgan fingerprint density at radius 3 is 2.83 bits per heavy atom. The molecule has 9 heteroatoms. The predicted octanol–water partition coefficient (Wildman–Crippen LogP) is 0.515. The number of carbonyl (C=O) groups excluding carboxylic acids is 1. The van der Waals surface area contributed by atoms with E-state index in [1.54, 1.807) is 30.7 Å². The number of hydrogen-bond acceptors (Lipinski definition) is 7. The number of aromatic nitrogens is 4. The van der Waals surface area contributed by atoms with E-state index in [0.717, 1.165) is 38.3 Å². The van der Waals surface area contributed by atoms with Gasteiger partial charge in [0.05, 0.1) is 24.3 Å². The first-order chi connectivity index (χ1) is 13.9. The number of hydrogen-bond donors (Lipinski definition) is 2. The molecule has 0 aromatic carbocycles. The van der Waals surface area contributed by atoms with Gasteiger partial charge in [0.15, 0.2) is 0 Å². The van der Waals surface area contributed by atoms with Crippen molar-refractivity contribution in [1.29, 1.82) is 0 Å². The molecule has 2 aromatic rings. The molecule has 0 radical (unpaired) electrons. The summed E-state index contributed by atoms with van der Waals surface area (Å²) in [5.74, 6) is 0.664. The lowest BCUT2D eigenvalue weighted by molar-refractivity contribution is -0.177. The van der Waals surface area contributed by atoms with Crippen LogP contribution in [-0.2, 0) is 18.3 Å². The maximum absolute atomic E-state index is 12.6. The number of likely N-dealkylation sites (tertiary alicyclic amines) is 1. The van der Waals surface area contributed by atoms with E-state index in [1.807, 2.05) is 18.5 Å². The van der Waals surface area contributed by atoms with Gasteiger partial charge in [0, 0.05) is 32.8 Å². The molecule has 29 heavy (non-hydrogen) atoms. The molecular formula is C20H28N6O3. The molecule has 0 unspecified atom stereocenters. The minimum absolute atomic E-state index is 0.211. The van der Waals surface area contributed by atoms with Crippen LogP contribution in [0.25, 0.3) is 0 Å². The van der Waals surface area contributed by atoms with Crippen LogP contribution in [-0.4, -0.2) is 72.6 Å². The van der Waals surface area contributed by atoms with E-state index in [0.29, 0.717) is 12.1 Å². The molecule has 9 nitrogen and oxygen atoms in total. The van der Waals surface area contributed by atoms with Crippen LogP contribution in [0.4, 0.5) is 0 Å². The van der Waals surface area contributed by atoms with Crippen LogP contribution in [0.3, 0.4) is 0 Å². The van der Waals surface area contributed by atoms with Gasteiger partial charge in [-0.05, 0) is 31.9 Å². The largest absolute Gasteiger partial charge is 0.388 e. The SMILES string of the molecule is Cn1cnnc1CN1CCC2(CC1)C[C@@](C)(NC(=O)c1ccccn1)[C@H](O)CO2. The monoisotopic (exact) mass is 400 g/mol. The normalized spacial score (nSPS) is 27.1. The summed E-state index contributed by atoms with van der Waals surface area (Å²) in [4.78, 5) is 19.1. The smallest absolute Gasteiger partial charge is 0.270 e. The van der Waals surface area contributed by atoms with Gasteiger partial charge in [-0.1, -0.05) is 6.07 Å². The zero-order valence-electron chi connectivity index (χ0n) is 16.9. The Kier molecular flexibility index (Phi) is 5.37. The maximum Gasteiger partial charge on any atom is 0.270 e. The Bertz CT molecular complexity index is 849. The number of piperidine rings is 1.